The van der Waals surface area contributed by atoms with E-state index in [-0.39, 0.29) is 5.91 Å². The summed E-state index contributed by atoms with van der Waals surface area (Å²) >= 11 is 1.39. The molecule has 3 aromatic heterocycles. The molecule has 0 saturated heterocycles. The molecule has 0 radical (unpaired) electrons. The lowest BCUT2D eigenvalue weighted by molar-refractivity contribution is 0.102. The molecule has 6 nitrogen and oxygen atoms in total. The molecule has 0 aliphatic heterocycles. The highest BCUT2D eigenvalue weighted by Crippen LogP contribution is 2.28. The maximum Gasteiger partial charge on any atom is 0.268 e. The Bertz CT molecular complexity index is 1070. The summed E-state index contributed by atoms with van der Waals surface area (Å²) in [4.78, 5) is 21.8. The van der Waals surface area contributed by atoms with Gasteiger partial charge in [0.2, 0.25) is 0 Å². The van der Waals surface area contributed by atoms with Crippen molar-refractivity contribution < 1.29 is 4.79 Å². The van der Waals surface area contributed by atoms with Crippen LogP contribution in [-0.2, 0) is 13.0 Å². The number of carbonyl (C=O) groups excluding carboxylic acids is 1. The van der Waals surface area contributed by atoms with Crippen LogP contribution in [0, 0.1) is 6.92 Å². The van der Waals surface area contributed by atoms with Crippen LogP contribution in [0.3, 0.4) is 0 Å². The summed E-state index contributed by atoms with van der Waals surface area (Å²) < 4.78 is 1.82. The molecule has 1 aromatic carbocycles. The smallest absolute Gasteiger partial charge is 0.268 e. The van der Waals surface area contributed by atoms with Crippen LogP contribution in [0.2, 0.25) is 0 Å². The summed E-state index contributed by atoms with van der Waals surface area (Å²) in [5, 5.41) is 8.15. The number of benzene rings is 1. The summed E-state index contributed by atoms with van der Waals surface area (Å²) in [5.41, 5.74) is 2.93. The van der Waals surface area contributed by atoms with Gasteiger partial charge in [-0.25, -0.2) is 4.98 Å². The summed E-state index contributed by atoms with van der Waals surface area (Å²) in [5.74, 6) is 0.352. The number of aromatic nitrogens is 4. The SMILES string of the molecule is Cc1nc(-c2ccccc2)sc1C(=O)Nc1ccn(CCc2ccncc2)n1. The molecule has 28 heavy (non-hydrogen) atoms. The van der Waals surface area contributed by atoms with Gasteiger partial charge in [0.25, 0.3) is 5.91 Å². The standard InChI is InChI=1S/C21H19N5OS/c1-15-19(28-21(23-15)17-5-3-2-4-6-17)20(27)24-18-10-14-26(25-18)13-9-16-7-11-22-12-8-16/h2-8,10-12,14H,9,13H2,1H3,(H,24,25,27). The quantitative estimate of drug-likeness (QED) is 0.536. The second kappa shape index (κ2) is 8.14. The van der Waals surface area contributed by atoms with E-state index in [4.69, 9.17) is 0 Å². The number of carbonyl (C=O) groups is 1. The number of hydrogen-bond acceptors (Lipinski definition) is 5. The monoisotopic (exact) mass is 389 g/mol. The third-order valence-electron chi connectivity index (χ3n) is 4.28. The van der Waals surface area contributed by atoms with Crippen LogP contribution in [0.15, 0.2) is 67.1 Å². The van der Waals surface area contributed by atoms with Crippen LogP contribution in [0.4, 0.5) is 5.82 Å². The van der Waals surface area contributed by atoms with Gasteiger partial charge in [-0.15, -0.1) is 11.3 Å². The summed E-state index contributed by atoms with van der Waals surface area (Å²) in [6, 6.07) is 15.7. The van der Waals surface area contributed by atoms with Gasteiger partial charge in [-0.1, -0.05) is 30.3 Å². The Balaban J connectivity index is 1.42. The zero-order valence-electron chi connectivity index (χ0n) is 15.4. The lowest BCUT2D eigenvalue weighted by atomic mass is 10.2. The van der Waals surface area contributed by atoms with Gasteiger partial charge in [-0.3, -0.25) is 14.5 Å². The van der Waals surface area contributed by atoms with E-state index in [1.54, 1.807) is 18.5 Å². The number of anilines is 1. The van der Waals surface area contributed by atoms with Gasteiger partial charge >= 0.3 is 0 Å². The molecule has 0 spiro atoms. The molecule has 0 fully saturated rings. The van der Waals surface area contributed by atoms with Crippen LogP contribution in [0.1, 0.15) is 20.9 Å². The number of hydrogen-bond donors (Lipinski definition) is 1. The fourth-order valence-corrected chi connectivity index (χ4v) is 3.80. The first-order valence-corrected chi connectivity index (χ1v) is 9.77. The Labute approximate surface area is 166 Å². The highest BCUT2D eigenvalue weighted by Gasteiger charge is 2.17. The van der Waals surface area contributed by atoms with Crippen LogP contribution in [0.25, 0.3) is 10.6 Å². The van der Waals surface area contributed by atoms with E-state index in [9.17, 15) is 4.79 Å². The highest BCUT2D eigenvalue weighted by molar-refractivity contribution is 7.17. The maximum atomic E-state index is 12.7. The number of aryl methyl sites for hydroxylation is 3. The average Bonchev–Trinajstić information content (AvgIpc) is 3.34. The van der Waals surface area contributed by atoms with Crippen molar-refractivity contribution in [2.75, 3.05) is 5.32 Å². The molecule has 0 saturated carbocycles. The van der Waals surface area contributed by atoms with Gasteiger partial charge in [0, 0.05) is 36.8 Å². The minimum atomic E-state index is -0.184. The Hall–Kier alpha value is -3.32. The molecule has 4 rings (SSSR count). The van der Waals surface area contributed by atoms with Crippen LogP contribution >= 0.6 is 11.3 Å². The Morgan fingerprint density at radius 2 is 1.89 bits per heavy atom. The van der Waals surface area contributed by atoms with Crippen molar-refractivity contribution >= 4 is 23.1 Å². The van der Waals surface area contributed by atoms with E-state index < -0.39 is 0 Å². The first-order chi connectivity index (χ1) is 13.7. The number of nitrogens with one attached hydrogen (secondary N) is 1. The maximum absolute atomic E-state index is 12.7. The Morgan fingerprint density at radius 3 is 2.68 bits per heavy atom. The van der Waals surface area contributed by atoms with Gasteiger partial charge in [0.1, 0.15) is 9.88 Å². The summed E-state index contributed by atoms with van der Waals surface area (Å²) in [6.45, 7) is 2.59. The molecular formula is C21H19N5OS. The number of nitrogens with zero attached hydrogens (tertiary/aromatic N) is 4. The number of amides is 1. The van der Waals surface area contributed by atoms with Gasteiger partial charge in [0.05, 0.1) is 5.69 Å². The molecule has 7 heteroatoms. The minimum Gasteiger partial charge on any atom is -0.304 e. The molecule has 1 amide bonds. The number of thiazole rings is 1. The van der Waals surface area contributed by atoms with E-state index >= 15 is 0 Å². The summed E-state index contributed by atoms with van der Waals surface area (Å²) in [6.07, 6.45) is 6.29. The molecular weight excluding hydrogens is 370 g/mol. The third kappa shape index (κ3) is 4.15. The molecule has 0 unspecified atom stereocenters. The van der Waals surface area contributed by atoms with Crippen molar-refractivity contribution in [2.45, 2.75) is 19.9 Å². The molecule has 3 heterocycles. The van der Waals surface area contributed by atoms with E-state index in [2.05, 4.69) is 20.4 Å². The third-order valence-corrected chi connectivity index (χ3v) is 5.49. The zero-order valence-corrected chi connectivity index (χ0v) is 16.2. The van der Waals surface area contributed by atoms with Gasteiger partial charge < -0.3 is 5.32 Å². The van der Waals surface area contributed by atoms with E-state index in [1.807, 2.05) is 60.3 Å². The van der Waals surface area contributed by atoms with Crippen molar-refractivity contribution in [2.24, 2.45) is 0 Å². The Morgan fingerprint density at radius 1 is 1.11 bits per heavy atom. The zero-order chi connectivity index (χ0) is 19.3. The molecule has 0 aliphatic carbocycles. The lowest BCUT2D eigenvalue weighted by Crippen LogP contribution is -2.12. The van der Waals surface area contributed by atoms with E-state index in [0.717, 1.165) is 29.2 Å². The van der Waals surface area contributed by atoms with Crippen LogP contribution < -0.4 is 5.32 Å². The van der Waals surface area contributed by atoms with Crippen LogP contribution in [-0.4, -0.2) is 25.7 Å². The van der Waals surface area contributed by atoms with Crippen molar-refractivity contribution in [3.05, 3.63) is 83.3 Å². The summed E-state index contributed by atoms with van der Waals surface area (Å²) in [7, 11) is 0. The Kier molecular flexibility index (Phi) is 5.25. The molecule has 0 bridgehead atoms. The number of rotatable bonds is 6. The van der Waals surface area contributed by atoms with E-state index in [0.29, 0.717) is 10.7 Å². The largest absolute Gasteiger partial charge is 0.304 e. The fourth-order valence-electron chi connectivity index (χ4n) is 2.83. The molecule has 0 atom stereocenters. The van der Waals surface area contributed by atoms with Gasteiger partial charge in [-0.05, 0) is 31.0 Å². The van der Waals surface area contributed by atoms with Crippen molar-refractivity contribution in [1.82, 2.24) is 19.7 Å². The first-order valence-electron chi connectivity index (χ1n) is 8.95. The van der Waals surface area contributed by atoms with Crippen molar-refractivity contribution in [1.29, 1.82) is 0 Å². The lowest BCUT2D eigenvalue weighted by Gasteiger charge is -2.02. The fraction of sp³-hybridized carbons (Fsp3) is 0.143. The predicted octanol–water partition coefficient (Wildman–Crippen LogP) is 4.21. The first kappa shape index (κ1) is 18.1. The predicted molar refractivity (Wildman–Crippen MR) is 110 cm³/mol. The normalized spacial score (nSPS) is 10.8. The van der Waals surface area contributed by atoms with Crippen molar-refractivity contribution in [3.8, 4) is 10.6 Å². The van der Waals surface area contributed by atoms with Gasteiger partial charge in [0.15, 0.2) is 5.82 Å². The second-order valence-corrected chi connectivity index (χ2v) is 7.32. The van der Waals surface area contributed by atoms with Crippen LogP contribution in [0.5, 0.6) is 0 Å². The minimum absolute atomic E-state index is 0.184. The molecule has 140 valence electrons. The average molecular weight is 389 g/mol. The molecule has 0 aliphatic rings. The molecule has 1 N–H and O–H groups in total. The topological polar surface area (TPSA) is 72.7 Å². The number of pyridine rings is 1. The van der Waals surface area contributed by atoms with E-state index in [1.165, 1.54) is 16.9 Å². The molecule has 4 aromatic rings. The van der Waals surface area contributed by atoms with Crippen molar-refractivity contribution in [3.63, 3.8) is 0 Å². The van der Waals surface area contributed by atoms with Gasteiger partial charge in [-0.2, -0.15) is 5.10 Å². The highest BCUT2D eigenvalue weighted by atomic mass is 32.1. The second-order valence-electron chi connectivity index (χ2n) is 6.32.